The standard InChI is InChI=1S/C14H17BrN4O2S/c1-22-9-19-12-7-11(16-8-10(12)13(15)17-19)14(20)18-3-2-5-21-6-4-18/h7-8H,2-6,9H2,1H3. The van der Waals surface area contributed by atoms with Crippen LogP contribution in [-0.4, -0.2) is 58.1 Å². The average molecular weight is 385 g/mol. The molecule has 0 radical (unpaired) electrons. The topological polar surface area (TPSA) is 60.2 Å². The van der Waals surface area contributed by atoms with Gasteiger partial charge < -0.3 is 9.64 Å². The third-order valence-corrected chi connectivity index (χ3v) is 4.66. The summed E-state index contributed by atoms with van der Waals surface area (Å²) in [6.45, 7) is 2.63. The van der Waals surface area contributed by atoms with E-state index in [1.165, 1.54) is 0 Å². The Labute approximate surface area is 141 Å². The van der Waals surface area contributed by atoms with E-state index >= 15 is 0 Å². The molecule has 22 heavy (non-hydrogen) atoms. The maximum atomic E-state index is 12.6. The van der Waals surface area contributed by atoms with Gasteiger partial charge in [-0.05, 0) is 34.7 Å². The van der Waals surface area contributed by atoms with Gasteiger partial charge in [0.15, 0.2) is 0 Å². The Morgan fingerprint density at radius 1 is 1.45 bits per heavy atom. The van der Waals surface area contributed by atoms with Crippen molar-refractivity contribution in [1.29, 1.82) is 0 Å². The van der Waals surface area contributed by atoms with E-state index in [1.54, 1.807) is 18.0 Å². The molecule has 3 heterocycles. The minimum atomic E-state index is -0.0413. The van der Waals surface area contributed by atoms with Crippen molar-refractivity contribution in [2.45, 2.75) is 12.3 Å². The maximum Gasteiger partial charge on any atom is 0.272 e. The molecule has 0 aromatic carbocycles. The van der Waals surface area contributed by atoms with Gasteiger partial charge in [-0.1, -0.05) is 0 Å². The Kier molecular flexibility index (Phi) is 5.00. The van der Waals surface area contributed by atoms with E-state index in [0.29, 0.717) is 32.0 Å². The molecule has 118 valence electrons. The first kappa shape index (κ1) is 15.8. The van der Waals surface area contributed by atoms with E-state index < -0.39 is 0 Å². The van der Waals surface area contributed by atoms with Gasteiger partial charge in [-0.25, -0.2) is 0 Å². The first-order valence-corrected chi connectivity index (χ1v) is 9.27. The molecule has 1 aliphatic heterocycles. The number of thioether (sulfide) groups is 1. The van der Waals surface area contributed by atoms with Crippen molar-refractivity contribution in [3.8, 4) is 0 Å². The van der Waals surface area contributed by atoms with Gasteiger partial charge in [0.1, 0.15) is 10.3 Å². The molecule has 1 aliphatic rings. The van der Waals surface area contributed by atoms with Gasteiger partial charge in [-0.3, -0.25) is 14.5 Å². The summed E-state index contributed by atoms with van der Waals surface area (Å²) in [7, 11) is 0. The number of halogens is 1. The van der Waals surface area contributed by atoms with Crippen LogP contribution in [0.25, 0.3) is 10.9 Å². The summed E-state index contributed by atoms with van der Waals surface area (Å²) in [5, 5.41) is 5.36. The summed E-state index contributed by atoms with van der Waals surface area (Å²) in [5.74, 6) is 0.692. The van der Waals surface area contributed by atoms with Crippen molar-refractivity contribution in [3.63, 3.8) is 0 Å². The fourth-order valence-corrected chi connectivity index (χ4v) is 3.42. The van der Waals surface area contributed by atoms with Crippen LogP contribution in [0.5, 0.6) is 0 Å². The molecule has 0 spiro atoms. The molecule has 0 bridgehead atoms. The number of fused-ring (bicyclic) bond motifs is 1. The van der Waals surface area contributed by atoms with E-state index in [0.717, 1.165) is 27.8 Å². The Hall–Kier alpha value is -1.12. The predicted octanol–water partition coefficient (Wildman–Crippen LogP) is 2.38. The molecule has 3 rings (SSSR count). The number of hydrogen-bond acceptors (Lipinski definition) is 5. The Balaban J connectivity index is 1.93. The van der Waals surface area contributed by atoms with Crippen molar-refractivity contribution in [2.24, 2.45) is 0 Å². The Morgan fingerprint density at radius 3 is 3.14 bits per heavy atom. The van der Waals surface area contributed by atoms with E-state index in [-0.39, 0.29) is 5.91 Å². The molecule has 0 saturated carbocycles. The number of carbonyl (C=O) groups excluding carboxylic acids is 1. The SMILES string of the molecule is CSCn1nc(Br)c2cnc(C(=O)N3CCCOCC3)cc21. The van der Waals surface area contributed by atoms with Crippen LogP contribution >= 0.6 is 27.7 Å². The predicted molar refractivity (Wildman–Crippen MR) is 90.1 cm³/mol. The second-order valence-corrected chi connectivity index (χ2v) is 6.64. The minimum absolute atomic E-state index is 0.0413. The van der Waals surface area contributed by atoms with E-state index in [4.69, 9.17) is 4.74 Å². The summed E-state index contributed by atoms with van der Waals surface area (Å²) < 4.78 is 8.04. The van der Waals surface area contributed by atoms with Crippen molar-refractivity contribution in [2.75, 3.05) is 32.6 Å². The van der Waals surface area contributed by atoms with Crippen LogP contribution in [0.2, 0.25) is 0 Å². The van der Waals surface area contributed by atoms with Crippen LogP contribution in [0.1, 0.15) is 16.9 Å². The van der Waals surface area contributed by atoms with Crippen molar-refractivity contribution >= 4 is 44.5 Å². The lowest BCUT2D eigenvalue weighted by Crippen LogP contribution is -2.33. The highest BCUT2D eigenvalue weighted by atomic mass is 79.9. The smallest absolute Gasteiger partial charge is 0.272 e. The van der Waals surface area contributed by atoms with E-state index in [1.807, 2.05) is 21.9 Å². The first-order valence-electron chi connectivity index (χ1n) is 7.08. The van der Waals surface area contributed by atoms with Gasteiger partial charge in [0.2, 0.25) is 0 Å². The third kappa shape index (κ3) is 3.13. The zero-order valence-corrected chi connectivity index (χ0v) is 14.7. The molecular formula is C14H17BrN4O2S. The largest absolute Gasteiger partial charge is 0.380 e. The number of aromatic nitrogens is 3. The molecule has 1 amide bonds. The van der Waals surface area contributed by atoms with Gasteiger partial charge in [0, 0.05) is 25.9 Å². The number of amides is 1. The normalized spacial score (nSPS) is 16.0. The number of hydrogen-bond donors (Lipinski definition) is 0. The van der Waals surface area contributed by atoms with E-state index in [2.05, 4.69) is 26.0 Å². The molecule has 6 nitrogen and oxygen atoms in total. The highest BCUT2D eigenvalue weighted by molar-refractivity contribution is 9.10. The molecule has 0 unspecified atom stereocenters. The zero-order valence-electron chi connectivity index (χ0n) is 12.3. The van der Waals surface area contributed by atoms with Gasteiger partial charge in [0.25, 0.3) is 5.91 Å². The van der Waals surface area contributed by atoms with Crippen LogP contribution in [0.3, 0.4) is 0 Å². The Bertz CT molecular complexity index is 683. The molecule has 0 atom stereocenters. The maximum absolute atomic E-state index is 12.6. The van der Waals surface area contributed by atoms with Crippen molar-refractivity contribution in [1.82, 2.24) is 19.7 Å². The van der Waals surface area contributed by atoms with Gasteiger partial charge in [-0.15, -0.1) is 11.8 Å². The third-order valence-electron chi connectivity index (χ3n) is 3.57. The average Bonchev–Trinajstić information content (AvgIpc) is 2.73. The zero-order chi connectivity index (χ0) is 15.5. The summed E-state index contributed by atoms with van der Waals surface area (Å²) >= 11 is 5.12. The summed E-state index contributed by atoms with van der Waals surface area (Å²) in [6.07, 6.45) is 4.60. The molecule has 0 aliphatic carbocycles. The summed E-state index contributed by atoms with van der Waals surface area (Å²) in [6, 6.07) is 1.83. The lowest BCUT2D eigenvalue weighted by Gasteiger charge is -2.19. The minimum Gasteiger partial charge on any atom is -0.380 e. The lowest BCUT2D eigenvalue weighted by molar-refractivity contribution is 0.0736. The number of carbonyl (C=O) groups is 1. The monoisotopic (exact) mass is 384 g/mol. The molecule has 8 heteroatoms. The number of ether oxygens (including phenoxy) is 1. The number of pyridine rings is 1. The van der Waals surface area contributed by atoms with Crippen LogP contribution in [0.15, 0.2) is 16.9 Å². The number of nitrogens with zero attached hydrogens (tertiary/aromatic N) is 4. The molecule has 2 aromatic heterocycles. The van der Waals surface area contributed by atoms with Gasteiger partial charge in [-0.2, -0.15) is 5.10 Å². The molecule has 1 fully saturated rings. The van der Waals surface area contributed by atoms with Crippen LogP contribution in [0.4, 0.5) is 0 Å². The molecule has 1 saturated heterocycles. The van der Waals surface area contributed by atoms with Gasteiger partial charge in [0.05, 0.1) is 23.4 Å². The molecule has 0 N–H and O–H groups in total. The second kappa shape index (κ2) is 6.97. The first-order chi connectivity index (χ1) is 10.7. The van der Waals surface area contributed by atoms with Crippen LogP contribution in [0, 0.1) is 0 Å². The van der Waals surface area contributed by atoms with Crippen LogP contribution in [-0.2, 0) is 10.6 Å². The Morgan fingerprint density at radius 2 is 2.32 bits per heavy atom. The number of rotatable bonds is 3. The fourth-order valence-electron chi connectivity index (χ4n) is 2.48. The van der Waals surface area contributed by atoms with Gasteiger partial charge >= 0.3 is 0 Å². The highest BCUT2D eigenvalue weighted by Gasteiger charge is 2.20. The highest BCUT2D eigenvalue weighted by Crippen LogP contribution is 2.24. The van der Waals surface area contributed by atoms with Crippen molar-refractivity contribution < 1.29 is 9.53 Å². The molecule has 2 aromatic rings. The van der Waals surface area contributed by atoms with E-state index in [9.17, 15) is 4.79 Å². The van der Waals surface area contributed by atoms with Crippen molar-refractivity contribution in [3.05, 3.63) is 22.6 Å². The summed E-state index contributed by atoms with van der Waals surface area (Å²) in [5.41, 5.74) is 1.38. The summed E-state index contributed by atoms with van der Waals surface area (Å²) in [4.78, 5) is 18.8. The fraction of sp³-hybridized carbons (Fsp3) is 0.500. The van der Waals surface area contributed by atoms with Crippen LogP contribution < -0.4 is 0 Å². The second-order valence-electron chi connectivity index (χ2n) is 5.05. The quantitative estimate of drug-likeness (QED) is 0.812. The molecular weight excluding hydrogens is 368 g/mol. The lowest BCUT2D eigenvalue weighted by atomic mass is 10.2.